The van der Waals surface area contributed by atoms with Crippen molar-refractivity contribution >= 4 is 22.1 Å². The molecule has 0 amide bonds. The first kappa shape index (κ1) is 28.1. The molecule has 0 aliphatic rings. The van der Waals surface area contributed by atoms with E-state index in [9.17, 15) is 0 Å². The van der Waals surface area contributed by atoms with Crippen molar-refractivity contribution in [2.45, 2.75) is 19.8 Å². The van der Waals surface area contributed by atoms with E-state index in [-0.39, 0.29) is 26.0 Å². The minimum Gasteiger partial charge on any atom is -0.486 e. The Kier molecular flexibility index (Phi) is 8.79. The summed E-state index contributed by atoms with van der Waals surface area (Å²) in [6.07, 6.45) is 3.61. The fourth-order valence-corrected chi connectivity index (χ4v) is 4.73. The summed E-state index contributed by atoms with van der Waals surface area (Å²) in [7, 11) is 0. The van der Waals surface area contributed by atoms with Crippen molar-refractivity contribution in [3.05, 3.63) is 151 Å². The van der Waals surface area contributed by atoms with Crippen molar-refractivity contribution in [2.75, 3.05) is 0 Å². The molecule has 7 aromatic rings. The molecule has 41 heavy (non-hydrogen) atoms. The van der Waals surface area contributed by atoms with Crippen molar-refractivity contribution in [1.82, 2.24) is 15.0 Å². The summed E-state index contributed by atoms with van der Waals surface area (Å²) in [6, 6.07) is 42.7. The third-order valence-electron chi connectivity index (χ3n) is 6.88. The summed E-state index contributed by atoms with van der Waals surface area (Å²) >= 11 is 0. The van der Waals surface area contributed by atoms with E-state index >= 15 is 0 Å². The van der Waals surface area contributed by atoms with Gasteiger partial charge in [-0.25, -0.2) is 4.98 Å². The van der Waals surface area contributed by atoms with Crippen molar-refractivity contribution < 1.29 is 24.5 Å². The second-order valence-corrected chi connectivity index (χ2v) is 9.63. The van der Waals surface area contributed by atoms with E-state index in [1.165, 1.54) is 5.56 Å². The van der Waals surface area contributed by atoms with Gasteiger partial charge in [0.1, 0.15) is 0 Å². The Hall–Kier alpha value is -4.44. The number of rotatable bonds is 4. The number of hydrogen-bond donors (Lipinski definition) is 0. The summed E-state index contributed by atoms with van der Waals surface area (Å²) in [4.78, 5) is 13.6. The molecule has 4 aromatic heterocycles. The van der Waals surface area contributed by atoms with E-state index in [0.717, 1.165) is 50.1 Å². The van der Waals surface area contributed by atoms with Gasteiger partial charge in [-0.1, -0.05) is 72.0 Å². The van der Waals surface area contributed by atoms with Gasteiger partial charge in [0.25, 0.3) is 0 Å². The zero-order valence-electron chi connectivity index (χ0n) is 22.7. The normalized spacial score (nSPS) is 11.4. The van der Waals surface area contributed by atoms with Crippen LogP contribution in [-0.4, -0.2) is 15.0 Å². The van der Waals surface area contributed by atoms with Crippen LogP contribution in [0.3, 0.4) is 0 Å². The number of furan rings is 1. The first-order valence-electron chi connectivity index (χ1n) is 13.3. The van der Waals surface area contributed by atoms with Gasteiger partial charge in [-0.15, -0.1) is 54.1 Å². The number of fused-ring (bicyclic) bond motifs is 3. The standard InChI is InChI=1S/C25H19N2O.C11H8N.Ir/c1-16-13-14-26-23(15-16)21-10-6-9-19-20-11-12-22(27-25(20)28-24(19)21)17(2)18-7-4-3-5-8-18;1-2-6-10(7-3-1)11-8-4-5-9-12-11;/h3-9,11-15,17H,1-2H3;1-6,8-9H;/q2*-1;. The quantitative estimate of drug-likeness (QED) is 0.172. The average Bonchev–Trinajstić information content (AvgIpc) is 3.40. The largest absolute Gasteiger partial charge is 0.486 e. The van der Waals surface area contributed by atoms with Crippen LogP contribution in [-0.2, 0) is 20.1 Å². The van der Waals surface area contributed by atoms with Gasteiger partial charge in [0.15, 0.2) is 0 Å². The van der Waals surface area contributed by atoms with Crippen molar-refractivity contribution in [1.29, 1.82) is 0 Å². The fraction of sp³-hybridized carbons (Fsp3) is 0.0833. The molecule has 0 spiro atoms. The summed E-state index contributed by atoms with van der Waals surface area (Å²) in [6.45, 7) is 4.23. The monoisotopic (exact) mass is 710 g/mol. The SMILES string of the molecule is Cc1ccnc(-c2[c-]ccc3c2oc2nc(C(C)c4ccccc4)ccc23)c1.[Ir].[c-]1ccccc1-c1ccccn1. The third-order valence-corrected chi connectivity index (χ3v) is 6.88. The Morgan fingerprint density at radius 3 is 2.27 bits per heavy atom. The van der Waals surface area contributed by atoms with Crippen molar-refractivity contribution in [2.24, 2.45) is 0 Å². The van der Waals surface area contributed by atoms with E-state index in [2.05, 4.69) is 78.4 Å². The zero-order valence-corrected chi connectivity index (χ0v) is 25.1. The molecule has 0 fully saturated rings. The fourth-order valence-electron chi connectivity index (χ4n) is 4.73. The molecular weight excluding hydrogens is 683 g/mol. The predicted octanol–water partition coefficient (Wildman–Crippen LogP) is 8.85. The van der Waals surface area contributed by atoms with Crippen LogP contribution in [0, 0.1) is 19.1 Å². The van der Waals surface area contributed by atoms with E-state index < -0.39 is 0 Å². The van der Waals surface area contributed by atoms with Crippen LogP contribution < -0.4 is 0 Å². The smallest absolute Gasteiger partial charge is 0.216 e. The molecule has 0 saturated carbocycles. The summed E-state index contributed by atoms with van der Waals surface area (Å²) in [5, 5.41) is 2.06. The first-order valence-corrected chi connectivity index (χ1v) is 13.3. The zero-order chi connectivity index (χ0) is 27.3. The number of pyridine rings is 3. The van der Waals surface area contributed by atoms with E-state index in [0.29, 0.717) is 5.71 Å². The minimum absolute atomic E-state index is 0. The van der Waals surface area contributed by atoms with Gasteiger partial charge in [0, 0.05) is 43.8 Å². The molecule has 0 aliphatic heterocycles. The Morgan fingerprint density at radius 2 is 1.51 bits per heavy atom. The minimum atomic E-state index is 0. The topological polar surface area (TPSA) is 51.8 Å². The van der Waals surface area contributed by atoms with Crippen molar-refractivity contribution in [3.63, 3.8) is 0 Å². The van der Waals surface area contributed by atoms with Gasteiger partial charge in [-0.2, -0.15) is 0 Å². The molecule has 1 atom stereocenters. The molecule has 203 valence electrons. The van der Waals surface area contributed by atoms with Gasteiger partial charge in [-0.05, 0) is 48.1 Å². The van der Waals surface area contributed by atoms with Gasteiger partial charge >= 0.3 is 0 Å². The molecule has 4 nitrogen and oxygen atoms in total. The molecule has 5 heteroatoms. The second kappa shape index (κ2) is 12.8. The summed E-state index contributed by atoms with van der Waals surface area (Å²) in [5.74, 6) is 0.197. The van der Waals surface area contributed by atoms with Crippen LogP contribution in [0.25, 0.3) is 44.6 Å². The maximum absolute atomic E-state index is 6.22. The number of aromatic nitrogens is 3. The van der Waals surface area contributed by atoms with Gasteiger partial charge in [-0.3, -0.25) is 0 Å². The Labute approximate surface area is 253 Å². The van der Waals surface area contributed by atoms with E-state index in [1.807, 2.05) is 72.9 Å². The molecule has 1 radical (unpaired) electrons. The second-order valence-electron chi connectivity index (χ2n) is 9.63. The van der Waals surface area contributed by atoms with Crippen LogP contribution in [0.1, 0.15) is 29.7 Å². The summed E-state index contributed by atoms with van der Waals surface area (Å²) in [5.41, 5.74) is 8.58. The first-order chi connectivity index (χ1) is 19.7. The van der Waals surface area contributed by atoms with E-state index in [4.69, 9.17) is 9.40 Å². The van der Waals surface area contributed by atoms with Crippen LogP contribution in [0.2, 0.25) is 0 Å². The molecule has 7 rings (SSSR count). The molecule has 0 N–H and O–H groups in total. The maximum Gasteiger partial charge on any atom is 0.216 e. The number of benzene rings is 3. The number of nitrogens with zero attached hydrogens (tertiary/aromatic N) is 3. The average molecular weight is 710 g/mol. The molecule has 0 saturated heterocycles. The maximum atomic E-state index is 6.22. The van der Waals surface area contributed by atoms with Crippen LogP contribution >= 0.6 is 0 Å². The molecule has 0 aliphatic carbocycles. The van der Waals surface area contributed by atoms with Crippen LogP contribution in [0.4, 0.5) is 0 Å². The molecule has 0 bridgehead atoms. The van der Waals surface area contributed by atoms with E-state index in [1.54, 1.807) is 6.20 Å². The Balaban J connectivity index is 0.000000218. The Morgan fingerprint density at radius 1 is 0.707 bits per heavy atom. The number of hydrogen-bond acceptors (Lipinski definition) is 4. The molecular formula is C36H27IrN3O-2. The van der Waals surface area contributed by atoms with Gasteiger partial charge < -0.3 is 14.4 Å². The predicted molar refractivity (Wildman–Crippen MR) is 161 cm³/mol. The molecule has 3 aromatic carbocycles. The van der Waals surface area contributed by atoms with Gasteiger partial charge in [0.05, 0.1) is 11.3 Å². The molecule has 1 unspecified atom stereocenters. The van der Waals surface area contributed by atoms with Crippen LogP contribution in [0.15, 0.2) is 126 Å². The molecule has 4 heterocycles. The van der Waals surface area contributed by atoms with Gasteiger partial charge in [0.2, 0.25) is 5.71 Å². The summed E-state index contributed by atoms with van der Waals surface area (Å²) < 4.78 is 6.22. The van der Waals surface area contributed by atoms with Crippen molar-refractivity contribution in [3.8, 4) is 22.5 Å². The van der Waals surface area contributed by atoms with Crippen LogP contribution in [0.5, 0.6) is 0 Å². The Bertz CT molecular complexity index is 1830. The third kappa shape index (κ3) is 6.17. The number of aryl methyl sites for hydroxylation is 1.